The lowest BCUT2D eigenvalue weighted by Gasteiger charge is -2.05. The van der Waals surface area contributed by atoms with E-state index in [0.717, 1.165) is 17.9 Å². The maximum Gasteiger partial charge on any atom is 0.0971 e. The van der Waals surface area contributed by atoms with Crippen molar-refractivity contribution in [2.75, 3.05) is 0 Å². The largest absolute Gasteiger partial charge is 0.384 e. The molecule has 0 saturated heterocycles. The third kappa shape index (κ3) is 4.80. The first-order chi connectivity index (χ1) is 7.20. The molecule has 0 heterocycles. The molecule has 0 spiro atoms. The maximum absolute atomic E-state index is 9.80. The van der Waals surface area contributed by atoms with E-state index in [1.165, 1.54) is 6.42 Å². The average molecular weight is 204 g/mol. The molecule has 0 amide bonds. The van der Waals surface area contributed by atoms with Gasteiger partial charge in [-0.3, -0.25) is 0 Å². The molecule has 1 atom stereocenters. The molecule has 0 saturated carbocycles. The number of rotatable bonds is 5. The number of aliphatic hydroxyl groups is 1. The van der Waals surface area contributed by atoms with Gasteiger partial charge in [-0.25, -0.2) is 0 Å². The molecular weight excluding hydrogens is 184 g/mol. The Kier molecular flexibility index (Phi) is 5.13. The summed E-state index contributed by atoms with van der Waals surface area (Å²) in [6.07, 6.45) is 5.70. The fourth-order valence-electron chi connectivity index (χ4n) is 1.42. The molecule has 0 bridgehead atoms. The van der Waals surface area contributed by atoms with Crippen molar-refractivity contribution in [3.05, 3.63) is 48.0 Å². The molecule has 15 heavy (non-hydrogen) atoms. The summed E-state index contributed by atoms with van der Waals surface area (Å²) < 4.78 is 0. The lowest BCUT2D eigenvalue weighted by molar-refractivity contribution is 0.228. The lowest BCUT2D eigenvalue weighted by Crippen LogP contribution is -1.92. The molecule has 1 rings (SSSR count). The van der Waals surface area contributed by atoms with E-state index in [4.69, 9.17) is 0 Å². The standard InChI is InChI=1S/C14H20O/c1-12(2)8-6-7-11-14(15)13-9-4-3-5-10-13/h3-5,7,9-12,14-15H,6,8H2,1-2H3/b11-7+/t14-/m1/s1. The molecule has 0 aliphatic rings. The second kappa shape index (κ2) is 6.41. The SMILES string of the molecule is CC(C)CC/C=C/[C@@H](O)c1ccccc1. The number of hydrogen-bond acceptors (Lipinski definition) is 1. The fraction of sp³-hybridized carbons (Fsp3) is 0.429. The van der Waals surface area contributed by atoms with Gasteiger partial charge in [0.1, 0.15) is 0 Å². The number of allylic oxidation sites excluding steroid dienone is 1. The third-order valence-electron chi connectivity index (χ3n) is 2.37. The van der Waals surface area contributed by atoms with Crippen LogP contribution in [0.1, 0.15) is 38.4 Å². The topological polar surface area (TPSA) is 20.2 Å². The molecule has 0 radical (unpaired) electrons. The van der Waals surface area contributed by atoms with Crippen molar-refractivity contribution in [3.8, 4) is 0 Å². The molecule has 1 aromatic rings. The molecule has 82 valence electrons. The summed E-state index contributed by atoms with van der Waals surface area (Å²) in [6.45, 7) is 4.42. The summed E-state index contributed by atoms with van der Waals surface area (Å²) in [5.74, 6) is 0.725. The highest BCUT2D eigenvalue weighted by Crippen LogP contribution is 2.14. The zero-order valence-corrected chi connectivity index (χ0v) is 9.56. The summed E-state index contributed by atoms with van der Waals surface area (Å²) in [7, 11) is 0. The van der Waals surface area contributed by atoms with Crippen LogP contribution in [0.4, 0.5) is 0 Å². The zero-order valence-electron chi connectivity index (χ0n) is 9.56. The van der Waals surface area contributed by atoms with Crippen molar-refractivity contribution < 1.29 is 5.11 Å². The van der Waals surface area contributed by atoms with Crippen LogP contribution in [0.3, 0.4) is 0 Å². The molecule has 1 N–H and O–H groups in total. The van der Waals surface area contributed by atoms with Crippen LogP contribution in [0.15, 0.2) is 42.5 Å². The number of benzene rings is 1. The summed E-state index contributed by atoms with van der Waals surface area (Å²) in [4.78, 5) is 0. The highest BCUT2D eigenvalue weighted by atomic mass is 16.3. The van der Waals surface area contributed by atoms with Crippen LogP contribution < -0.4 is 0 Å². The molecule has 1 nitrogen and oxygen atoms in total. The van der Waals surface area contributed by atoms with Crippen LogP contribution in [-0.2, 0) is 0 Å². The first-order valence-corrected chi connectivity index (χ1v) is 5.60. The first kappa shape index (κ1) is 12.0. The smallest absolute Gasteiger partial charge is 0.0971 e. The Morgan fingerprint density at radius 2 is 1.87 bits per heavy atom. The van der Waals surface area contributed by atoms with Gasteiger partial charge in [-0.1, -0.05) is 56.3 Å². The normalized spacial score (nSPS) is 13.6. The van der Waals surface area contributed by atoms with Crippen LogP contribution in [0, 0.1) is 5.92 Å². The van der Waals surface area contributed by atoms with Crippen LogP contribution in [-0.4, -0.2) is 5.11 Å². The minimum absolute atomic E-state index is 0.460. The van der Waals surface area contributed by atoms with Crippen molar-refractivity contribution in [1.82, 2.24) is 0 Å². The van der Waals surface area contributed by atoms with E-state index in [1.54, 1.807) is 0 Å². The zero-order chi connectivity index (χ0) is 11.1. The minimum atomic E-state index is -0.460. The maximum atomic E-state index is 9.80. The van der Waals surface area contributed by atoms with Crippen molar-refractivity contribution in [2.24, 2.45) is 5.92 Å². The van der Waals surface area contributed by atoms with E-state index in [9.17, 15) is 5.11 Å². The van der Waals surface area contributed by atoms with Gasteiger partial charge < -0.3 is 5.11 Å². The molecule has 0 unspecified atom stereocenters. The highest BCUT2D eigenvalue weighted by molar-refractivity contribution is 5.20. The first-order valence-electron chi connectivity index (χ1n) is 5.60. The predicted octanol–water partition coefficient (Wildman–Crippen LogP) is 3.71. The third-order valence-corrected chi connectivity index (χ3v) is 2.37. The van der Waals surface area contributed by atoms with Gasteiger partial charge in [0.05, 0.1) is 6.10 Å². The second-order valence-electron chi connectivity index (χ2n) is 4.25. The molecule has 0 aromatic heterocycles. The molecule has 1 aromatic carbocycles. The Hall–Kier alpha value is -1.08. The van der Waals surface area contributed by atoms with Gasteiger partial charge in [-0.2, -0.15) is 0 Å². The van der Waals surface area contributed by atoms with E-state index in [0.29, 0.717) is 0 Å². The predicted molar refractivity (Wildman–Crippen MR) is 64.6 cm³/mol. The molecule has 0 aliphatic carbocycles. The van der Waals surface area contributed by atoms with Crippen LogP contribution in [0.5, 0.6) is 0 Å². The van der Waals surface area contributed by atoms with Crippen LogP contribution in [0.25, 0.3) is 0 Å². The van der Waals surface area contributed by atoms with Crippen molar-refractivity contribution in [1.29, 1.82) is 0 Å². The summed E-state index contributed by atoms with van der Waals surface area (Å²) in [5, 5.41) is 9.80. The number of hydrogen-bond donors (Lipinski definition) is 1. The van der Waals surface area contributed by atoms with Gasteiger partial charge in [-0.15, -0.1) is 0 Å². The van der Waals surface area contributed by atoms with E-state index in [-0.39, 0.29) is 0 Å². The van der Waals surface area contributed by atoms with E-state index in [1.807, 2.05) is 36.4 Å². The molecule has 1 heteroatoms. The second-order valence-corrected chi connectivity index (χ2v) is 4.25. The average Bonchev–Trinajstić information content (AvgIpc) is 2.25. The molecular formula is C14H20O. The Morgan fingerprint density at radius 3 is 2.47 bits per heavy atom. The fourth-order valence-corrected chi connectivity index (χ4v) is 1.42. The van der Waals surface area contributed by atoms with Crippen molar-refractivity contribution in [3.63, 3.8) is 0 Å². The summed E-state index contributed by atoms with van der Waals surface area (Å²) >= 11 is 0. The van der Waals surface area contributed by atoms with Gasteiger partial charge in [-0.05, 0) is 24.3 Å². The Labute approximate surface area is 92.5 Å². The molecule has 0 aliphatic heterocycles. The quantitative estimate of drug-likeness (QED) is 0.725. The van der Waals surface area contributed by atoms with Crippen LogP contribution >= 0.6 is 0 Å². The minimum Gasteiger partial charge on any atom is -0.384 e. The molecule has 0 fully saturated rings. The summed E-state index contributed by atoms with van der Waals surface area (Å²) in [5.41, 5.74) is 0.957. The van der Waals surface area contributed by atoms with Gasteiger partial charge in [0.2, 0.25) is 0 Å². The van der Waals surface area contributed by atoms with E-state index in [2.05, 4.69) is 19.9 Å². The highest BCUT2D eigenvalue weighted by Gasteiger charge is 2.00. The Balaban J connectivity index is 2.39. The van der Waals surface area contributed by atoms with E-state index < -0.39 is 6.10 Å². The van der Waals surface area contributed by atoms with Gasteiger partial charge >= 0.3 is 0 Å². The Morgan fingerprint density at radius 1 is 1.20 bits per heavy atom. The van der Waals surface area contributed by atoms with Crippen LogP contribution in [0.2, 0.25) is 0 Å². The summed E-state index contributed by atoms with van der Waals surface area (Å²) in [6, 6.07) is 9.73. The van der Waals surface area contributed by atoms with Crippen molar-refractivity contribution in [2.45, 2.75) is 32.8 Å². The monoisotopic (exact) mass is 204 g/mol. The van der Waals surface area contributed by atoms with Crippen molar-refractivity contribution >= 4 is 0 Å². The van der Waals surface area contributed by atoms with Gasteiger partial charge in [0.15, 0.2) is 0 Å². The number of aliphatic hydroxyl groups excluding tert-OH is 1. The van der Waals surface area contributed by atoms with Gasteiger partial charge in [0, 0.05) is 0 Å². The van der Waals surface area contributed by atoms with E-state index >= 15 is 0 Å². The van der Waals surface area contributed by atoms with Gasteiger partial charge in [0.25, 0.3) is 0 Å². The Bertz CT molecular complexity index is 287. The lowest BCUT2D eigenvalue weighted by atomic mass is 10.1.